The molecule has 0 saturated heterocycles. The topological polar surface area (TPSA) is 29.5 Å². The minimum Gasteiger partial charge on any atom is -0.493 e. The lowest BCUT2D eigenvalue weighted by molar-refractivity contribution is 0.279. The third-order valence-corrected chi connectivity index (χ3v) is 2.65. The number of aliphatic hydroxyl groups is 1. The van der Waals surface area contributed by atoms with E-state index >= 15 is 0 Å². The van der Waals surface area contributed by atoms with Crippen LogP contribution in [0.4, 0.5) is 4.39 Å². The normalized spacial score (nSPS) is 10.3. The van der Waals surface area contributed by atoms with Crippen molar-refractivity contribution in [1.29, 1.82) is 0 Å². The first kappa shape index (κ1) is 12.6. The molecule has 0 aliphatic rings. The molecule has 3 heteroatoms. The fourth-order valence-corrected chi connectivity index (χ4v) is 1.67. The van der Waals surface area contributed by atoms with E-state index in [4.69, 9.17) is 9.84 Å². The molecule has 18 heavy (non-hydrogen) atoms. The van der Waals surface area contributed by atoms with Crippen LogP contribution in [-0.4, -0.2) is 11.7 Å². The van der Waals surface area contributed by atoms with Crippen molar-refractivity contribution in [2.45, 2.75) is 13.0 Å². The van der Waals surface area contributed by atoms with Gasteiger partial charge < -0.3 is 9.84 Å². The second-order valence-electron chi connectivity index (χ2n) is 4.03. The molecule has 0 heterocycles. The van der Waals surface area contributed by atoms with Crippen molar-refractivity contribution in [3.8, 4) is 5.75 Å². The van der Waals surface area contributed by atoms with E-state index in [1.54, 1.807) is 12.1 Å². The van der Waals surface area contributed by atoms with Crippen molar-refractivity contribution < 1.29 is 14.2 Å². The molecule has 0 bridgehead atoms. The molecule has 0 radical (unpaired) electrons. The fourth-order valence-electron chi connectivity index (χ4n) is 1.67. The average Bonchev–Trinajstić information content (AvgIpc) is 2.41. The zero-order valence-electron chi connectivity index (χ0n) is 9.97. The van der Waals surface area contributed by atoms with Crippen LogP contribution in [0.5, 0.6) is 5.75 Å². The van der Waals surface area contributed by atoms with E-state index in [-0.39, 0.29) is 12.4 Å². The molecule has 94 valence electrons. The van der Waals surface area contributed by atoms with E-state index in [0.29, 0.717) is 6.61 Å². The highest BCUT2D eigenvalue weighted by Gasteiger charge is 1.98. The van der Waals surface area contributed by atoms with Crippen molar-refractivity contribution in [1.82, 2.24) is 0 Å². The highest BCUT2D eigenvalue weighted by Crippen LogP contribution is 2.13. The van der Waals surface area contributed by atoms with E-state index in [2.05, 4.69) is 0 Å². The number of benzene rings is 2. The number of ether oxygens (including phenoxy) is 1. The molecule has 0 aliphatic carbocycles. The van der Waals surface area contributed by atoms with Crippen LogP contribution in [0.2, 0.25) is 0 Å². The van der Waals surface area contributed by atoms with Crippen LogP contribution in [0.3, 0.4) is 0 Å². The summed E-state index contributed by atoms with van der Waals surface area (Å²) < 4.78 is 18.3. The van der Waals surface area contributed by atoms with Gasteiger partial charge in [0, 0.05) is 6.42 Å². The fraction of sp³-hybridized carbons (Fsp3) is 0.200. The number of hydrogen-bond acceptors (Lipinski definition) is 2. The molecule has 2 nitrogen and oxygen atoms in total. The Bertz CT molecular complexity index is 494. The van der Waals surface area contributed by atoms with E-state index in [9.17, 15) is 4.39 Å². The van der Waals surface area contributed by atoms with Gasteiger partial charge in [-0.15, -0.1) is 0 Å². The van der Waals surface area contributed by atoms with Crippen LogP contribution in [-0.2, 0) is 13.0 Å². The molecule has 0 amide bonds. The number of aliphatic hydroxyl groups excluding tert-OH is 1. The van der Waals surface area contributed by atoms with Gasteiger partial charge in [0.15, 0.2) is 0 Å². The summed E-state index contributed by atoms with van der Waals surface area (Å²) in [5, 5.41) is 9.00. The molecule has 2 aromatic rings. The van der Waals surface area contributed by atoms with Crippen molar-refractivity contribution in [3.63, 3.8) is 0 Å². The Hall–Kier alpha value is -1.87. The maximum Gasteiger partial charge on any atom is 0.123 e. The average molecular weight is 246 g/mol. The molecular weight excluding hydrogens is 231 g/mol. The lowest BCUT2D eigenvalue weighted by atomic mass is 10.1. The van der Waals surface area contributed by atoms with Crippen LogP contribution in [0.15, 0.2) is 48.5 Å². The molecule has 0 aliphatic heterocycles. The van der Waals surface area contributed by atoms with Gasteiger partial charge in [-0.1, -0.05) is 24.3 Å². The maximum absolute atomic E-state index is 12.7. The SMILES string of the molecule is OCc1cccc(OCCc2ccc(F)cc2)c1. The summed E-state index contributed by atoms with van der Waals surface area (Å²) in [6.45, 7) is 0.537. The smallest absolute Gasteiger partial charge is 0.123 e. The highest BCUT2D eigenvalue weighted by molar-refractivity contribution is 5.28. The van der Waals surface area contributed by atoms with Gasteiger partial charge in [0.1, 0.15) is 11.6 Å². The summed E-state index contributed by atoms with van der Waals surface area (Å²) in [4.78, 5) is 0. The molecule has 2 rings (SSSR count). The number of rotatable bonds is 5. The van der Waals surface area contributed by atoms with Crippen molar-refractivity contribution >= 4 is 0 Å². The predicted molar refractivity (Wildman–Crippen MR) is 68.0 cm³/mol. The van der Waals surface area contributed by atoms with Gasteiger partial charge in [-0.25, -0.2) is 4.39 Å². The third-order valence-electron chi connectivity index (χ3n) is 2.65. The second-order valence-corrected chi connectivity index (χ2v) is 4.03. The third kappa shape index (κ3) is 3.57. The molecule has 0 atom stereocenters. The summed E-state index contributed by atoms with van der Waals surface area (Å²) in [5.41, 5.74) is 1.86. The molecule has 0 unspecified atom stereocenters. The first-order chi connectivity index (χ1) is 8.78. The van der Waals surface area contributed by atoms with E-state index in [0.717, 1.165) is 23.3 Å². The zero-order chi connectivity index (χ0) is 12.8. The van der Waals surface area contributed by atoms with Crippen molar-refractivity contribution in [3.05, 3.63) is 65.5 Å². The van der Waals surface area contributed by atoms with Gasteiger partial charge in [0.25, 0.3) is 0 Å². The number of hydrogen-bond donors (Lipinski definition) is 1. The van der Waals surface area contributed by atoms with Gasteiger partial charge in [0.2, 0.25) is 0 Å². The van der Waals surface area contributed by atoms with Gasteiger partial charge >= 0.3 is 0 Å². The van der Waals surface area contributed by atoms with Crippen LogP contribution in [0, 0.1) is 5.82 Å². The lowest BCUT2D eigenvalue weighted by Crippen LogP contribution is -2.01. The Kier molecular flexibility index (Phi) is 4.31. The molecule has 0 aromatic heterocycles. The first-order valence-electron chi connectivity index (χ1n) is 5.85. The summed E-state index contributed by atoms with van der Waals surface area (Å²) in [6.07, 6.45) is 0.726. The highest BCUT2D eigenvalue weighted by atomic mass is 19.1. The van der Waals surface area contributed by atoms with Crippen LogP contribution >= 0.6 is 0 Å². The van der Waals surface area contributed by atoms with E-state index in [1.807, 2.05) is 24.3 Å². The lowest BCUT2D eigenvalue weighted by Gasteiger charge is -2.07. The molecule has 0 saturated carbocycles. The molecule has 2 aromatic carbocycles. The van der Waals surface area contributed by atoms with Gasteiger partial charge in [-0.3, -0.25) is 0 Å². The Labute approximate surface area is 106 Å². The van der Waals surface area contributed by atoms with Crippen molar-refractivity contribution in [2.24, 2.45) is 0 Å². The van der Waals surface area contributed by atoms with Crippen molar-refractivity contribution in [2.75, 3.05) is 6.61 Å². The van der Waals surface area contributed by atoms with Crippen LogP contribution in [0.25, 0.3) is 0 Å². The Balaban J connectivity index is 1.86. The summed E-state index contributed by atoms with van der Waals surface area (Å²) in [6, 6.07) is 13.7. The van der Waals surface area contributed by atoms with Crippen LogP contribution < -0.4 is 4.74 Å². The quantitative estimate of drug-likeness (QED) is 0.879. The summed E-state index contributed by atoms with van der Waals surface area (Å²) in [7, 11) is 0. The predicted octanol–water partition coefficient (Wildman–Crippen LogP) is 2.94. The Morgan fingerprint density at radius 1 is 1.00 bits per heavy atom. The van der Waals surface area contributed by atoms with Crippen LogP contribution in [0.1, 0.15) is 11.1 Å². The molecule has 0 fully saturated rings. The van der Waals surface area contributed by atoms with Gasteiger partial charge in [0.05, 0.1) is 13.2 Å². The monoisotopic (exact) mass is 246 g/mol. The maximum atomic E-state index is 12.7. The van der Waals surface area contributed by atoms with Gasteiger partial charge in [-0.05, 0) is 35.4 Å². The summed E-state index contributed by atoms with van der Waals surface area (Å²) >= 11 is 0. The molecular formula is C15H15FO2. The number of halogens is 1. The standard InChI is InChI=1S/C15H15FO2/c16-14-6-4-12(5-7-14)8-9-18-15-3-1-2-13(10-15)11-17/h1-7,10,17H,8-9,11H2. The summed E-state index contributed by atoms with van der Waals surface area (Å²) in [5.74, 6) is 0.513. The van der Waals surface area contributed by atoms with Gasteiger partial charge in [-0.2, -0.15) is 0 Å². The molecule has 1 N–H and O–H groups in total. The molecule has 0 spiro atoms. The minimum atomic E-state index is -0.227. The zero-order valence-corrected chi connectivity index (χ0v) is 9.97. The second kappa shape index (κ2) is 6.17. The first-order valence-corrected chi connectivity index (χ1v) is 5.85. The minimum absolute atomic E-state index is 0.00909. The largest absolute Gasteiger partial charge is 0.493 e. The van der Waals surface area contributed by atoms with E-state index < -0.39 is 0 Å². The Morgan fingerprint density at radius 3 is 2.50 bits per heavy atom. The Morgan fingerprint density at radius 2 is 1.78 bits per heavy atom. The van der Waals surface area contributed by atoms with E-state index in [1.165, 1.54) is 12.1 Å².